The van der Waals surface area contributed by atoms with E-state index < -0.39 is 5.97 Å². The van der Waals surface area contributed by atoms with Crippen molar-refractivity contribution in [3.05, 3.63) is 42.1 Å². The van der Waals surface area contributed by atoms with Crippen molar-refractivity contribution in [2.45, 2.75) is 13.3 Å². The third-order valence-electron chi connectivity index (χ3n) is 2.70. The molecule has 6 heteroatoms. The highest BCUT2D eigenvalue weighted by Crippen LogP contribution is 2.28. The molecule has 3 N–H and O–H groups in total. The molecular weight excluding hydrogens is 272 g/mol. The fourth-order valence-electron chi connectivity index (χ4n) is 1.66. The van der Waals surface area contributed by atoms with E-state index in [-0.39, 0.29) is 17.1 Å². The molecule has 2 rings (SSSR count). The van der Waals surface area contributed by atoms with Gasteiger partial charge in [-0.3, -0.25) is 0 Å². The lowest BCUT2D eigenvalue weighted by atomic mass is 10.2. The van der Waals surface area contributed by atoms with Gasteiger partial charge in [-0.05, 0) is 36.8 Å². The van der Waals surface area contributed by atoms with Gasteiger partial charge in [-0.2, -0.15) is 0 Å². The van der Waals surface area contributed by atoms with Crippen LogP contribution in [0.15, 0.2) is 36.5 Å². The van der Waals surface area contributed by atoms with Gasteiger partial charge in [-0.1, -0.05) is 6.92 Å². The maximum Gasteiger partial charge on any atom is 0.338 e. The number of aromatic nitrogens is 1. The minimum Gasteiger partial charge on any atom is -0.494 e. The number of anilines is 1. The number of carboxylic acid groups (broad SMARTS) is 1. The van der Waals surface area contributed by atoms with Crippen LogP contribution < -0.4 is 15.2 Å². The van der Waals surface area contributed by atoms with E-state index in [0.29, 0.717) is 12.4 Å². The number of pyridine rings is 1. The molecule has 110 valence electrons. The van der Waals surface area contributed by atoms with Gasteiger partial charge < -0.3 is 20.3 Å². The molecule has 1 heterocycles. The molecule has 1 aromatic carbocycles. The lowest BCUT2D eigenvalue weighted by molar-refractivity contribution is 0.0697. The third kappa shape index (κ3) is 3.62. The molecule has 0 aliphatic carbocycles. The van der Waals surface area contributed by atoms with Gasteiger partial charge >= 0.3 is 5.97 Å². The first kappa shape index (κ1) is 14.6. The second-order valence-electron chi connectivity index (χ2n) is 4.30. The topological polar surface area (TPSA) is 94.7 Å². The highest BCUT2D eigenvalue weighted by molar-refractivity contribution is 5.94. The fraction of sp³-hybridized carbons (Fsp3) is 0.200. The highest BCUT2D eigenvalue weighted by atomic mass is 16.5. The average molecular weight is 288 g/mol. The van der Waals surface area contributed by atoms with Crippen LogP contribution in [0.5, 0.6) is 17.4 Å². The minimum atomic E-state index is -1.12. The summed E-state index contributed by atoms with van der Waals surface area (Å²) in [5.41, 5.74) is 5.69. The molecule has 1 aromatic heterocycles. The van der Waals surface area contributed by atoms with Crippen LogP contribution in [0.3, 0.4) is 0 Å². The molecule has 0 aliphatic heterocycles. The second kappa shape index (κ2) is 6.60. The van der Waals surface area contributed by atoms with Crippen molar-refractivity contribution < 1.29 is 19.4 Å². The van der Waals surface area contributed by atoms with Crippen LogP contribution in [0.25, 0.3) is 0 Å². The summed E-state index contributed by atoms with van der Waals surface area (Å²) in [6, 6.07) is 8.27. The summed E-state index contributed by atoms with van der Waals surface area (Å²) in [7, 11) is 0. The van der Waals surface area contributed by atoms with E-state index in [9.17, 15) is 4.79 Å². The maximum absolute atomic E-state index is 11.0. The molecule has 0 radical (unpaired) electrons. The summed E-state index contributed by atoms with van der Waals surface area (Å²) < 4.78 is 11.0. The number of benzene rings is 1. The van der Waals surface area contributed by atoms with E-state index in [1.54, 1.807) is 24.3 Å². The Morgan fingerprint density at radius 3 is 2.52 bits per heavy atom. The smallest absolute Gasteiger partial charge is 0.338 e. The zero-order valence-corrected chi connectivity index (χ0v) is 11.6. The Morgan fingerprint density at radius 2 is 1.90 bits per heavy atom. The highest BCUT2D eigenvalue weighted by Gasteiger charge is 2.13. The molecule has 6 nitrogen and oxygen atoms in total. The van der Waals surface area contributed by atoms with E-state index in [4.69, 9.17) is 20.3 Å². The number of ether oxygens (including phenoxy) is 2. The van der Waals surface area contributed by atoms with Crippen molar-refractivity contribution in [2.24, 2.45) is 0 Å². The van der Waals surface area contributed by atoms with Gasteiger partial charge in [0.05, 0.1) is 12.2 Å². The SMILES string of the molecule is CCCOc1ccc(Oc2nccc(C(=O)O)c2N)cc1. The summed E-state index contributed by atoms with van der Waals surface area (Å²) in [6.45, 7) is 2.68. The van der Waals surface area contributed by atoms with Crippen molar-refractivity contribution >= 4 is 11.7 Å². The predicted octanol–water partition coefficient (Wildman–Crippen LogP) is 2.94. The normalized spacial score (nSPS) is 10.1. The molecule has 0 atom stereocenters. The summed E-state index contributed by atoms with van der Waals surface area (Å²) in [6.07, 6.45) is 2.27. The lowest BCUT2D eigenvalue weighted by Gasteiger charge is -2.10. The molecule has 0 unspecified atom stereocenters. The lowest BCUT2D eigenvalue weighted by Crippen LogP contribution is -2.05. The Balaban J connectivity index is 2.15. The minimum absolute atomic E-state index is 0.00342. The quantitative estimate of drug-likeness (QED) is 0.848. The number of nitrogens with two attached hydrogens (primary N) is 1. The number of hydrogen-bond acceptors (Lipinski definition) is 5. The Bertz CT molecular complexity index is 626. The molecule has 2 aromatic rings. The van der Waals surface area contributed by atoms with Crippen molar-refractivity contribution in [3.63, 3.8) is 0 Å². The first-order valence-electron chi connectivity index (χ1n) is 6.50. The molecule has 0 amide bonds. The van der Waals surface area contributed by atoms with Gasteiger partial charge in [0.2, 0.25) is 5.88 Å². The molecule has 0 bridgehead atoms. The van der Waals surface area contributed by atoms with Gasteiger partial charge in [-0.25, -0.2) is 9.78 Å². The molecule has 0 aliphatic rings. The Morgan fingerprint density at radius 1 is 1.24 bits per heavy atom. The maximum atomic E-state index is 11.0. The van der Waals surface area contributed by atoms with Crippen molar-refractivity contribution in [1.82, 2.24) is 4.98 Å². The van der Waals surface area contributed by atoms with Gasteiger partial charge in [0, 0.05) is 6.20 Å². The first-order valence-corrected chi connectivity index (χ1v) is 6.50. The van der Waals surface area contributed by atoms with E-state index >= 15 is 0 Å². The van der Waals surface area contributed by atoms with E-state index in [0.717, 1.165) is 12.2 Å². The van der Waals surface area contributed by atoms with Gasteiger partial charge in [-0.15, -0.1) is 0 Å². The largest absolute Gasteiger partial charge is 0.494 e. The summed E-state index contributed by atoms with van der Waals surface area (Å²) in [5, 5.41) is 9.00. The van der Waals surface area contributed by atoms with E-state index in [1.807, 2.05) is 6.92 Å². The number of nitrogens with zero attached hydrogens (tertiary/aromatic N) is 1. The second-order valence-corrected chi connectivity index (χ2v) is 4.30. The molecule has 0 saturated heterocycles. The van der Waals surface area contributed by atoms with Gasteiger partial charge in [0.15, 0.2) is 0 Å². The van der Waals surface area contributed by atoms with Crippen LogP contribution in [0, 0.1) is 0 Å². The predicted molar refractivity (Wildman–Crippen MR) is 77.9 cm³/mol. The van der Waals surface area contributed by atoms with E-state index in [2.05, 4.69) is 4.98 Å². The number of rotatable bonds is 6. The zero-order valence-electron chi connectivity index (χ0n) is 11.6. The summed E-state index contributed by atoms with van der Waals surface area (Å²) in [5.74, 6) is 0.185. The number of aromatic carboxylic acids is 1. The van der Waals surface area contributed by atoms with Gasteiger partial charge in [0.25, 0.3) is 0 Å². The van der Waals surface area contributed by atoms with Crippen LogP contribution in [0.2, 0.25) is 0 Å². The summed E-state index contributed by atoms with van der Waals surface area (Å²) in [4.78, 5) is 14.9. The van der Waals surface area contributed by atoms with Crippen molar-refractivity contribution in [2.75, 3.05) is 12.3 Å². The van der Waals surface area contributed by atoms with Crippen molar-refractivity contribution in [1.29, 1.82) is 0 Å². The average Bonchev–Trinajstić information content (AvgIpc) is 2.48. The molecule has 21 heavy (non-hydrogen) atoms. The van der Waals surface area contributed by atoms with Crippen LogP contribution in [0.1, 0.15) is 23.7 Å². The zero-order chi connectivity index (χ0) is 15.2. The number of nitrogen functional groups attached to an aromatic ring is 1. The van der Waals surface area contributed by atoms with Crippen LogP contribution in [-0.4, -0.2) is 22.7 Å². The standard InChI is InChI=1S/C15H16N2O4/c1-2-9-20-10-3-5-11(6-4-10)21-14-13(16)12(15(18)19)7-8-17-14/h3-8H,2,9,16H2,1H3,(H,18,19). The van der Waals surface area contributed by atoms with Gasteiger partial charge in [0.1, 0.15) is 17.2 Å². The van der Waals surface area contributed by atoms with Crippen molar-refractivity contribution in [3.8, 4) is 17.4 Å². The Labute approximate surface area is 122 Å². The van der Waals surface area contributed by atoms with E-state index in [1.165, 1.54) is 12.3 Å². The number of carbonyl (C=O) groups is 1. The van der Waals surface area contributed by atoms with Crippen LogP contribution in [-0.2, 0) is 0 Å². The summed E-state index contributed by atoms with van der Waals surface area (Å²) >= 11 is 0. The number of hydrogen-bond donors (Lipinski definition) is 2. The van der Waals surface area contributed by atoms with Crippen LogP contribution >= 0.6 is 0 Å². The Kier molecular flexibility index (Phi) is 4.61. The molecule has 0 saturated carbocycles. The number of carboxylic acids is 1. The molecule has 0 fully saturated rings. The third-order valence-corrected chi connectivity index (χ3v) is 2.70. The molecule has 0 spiro atoms. The monoisotopic (exact) mass is 288 g/mol. The first-order chi connectivity index (χ1) is 10.1. The molecular formula is C15H16N2O4. The Hall–Kier alpha value is -2.76. The van der Waals surface area contributed by atoms with Crippen LogP contribution in [0.4, 0.5) is 5.69 Å². The fourth-order valence-corrected chi connectivity index (χ4v) is 1.66.